The van der Waals surface area contributed by atoms with Crippen molar-refractivity contribution in [2.24, 2.45) is 0 Å². The molecular formula is C19H15Cl2NO2. The van der Waals surface area contributed by atoms with Gasteiger partial charge in [-0.25, -0.2) is 0 Å². The molecule has 1 amide bonds. The fourth-order valence-electron chi connectivity index (χ4n) is 2.37. The third kappa shape index (κ3) is 3.99. The molecule has 1 N–H and O–H groups in total. The molecule has 0 aliphatic heterocycles. The predicted octanol–water partition coefficient (Wildman–Crippen LogP) is 4.84. The first kappa shape index (κ1) is 16.6. The highest BCUT2D eigenvalue weighted by atomic mass is 35.5. The van der Waals surface area contributed by atoms with Crippen molar-refractivity contribution in [3.8, 4) is 5.75 Å². The summed E-state index contributed by atoms with van der Waals surface area (Å²) >= 11 is 11.9. The highest BCUT2D eigenvalue weighted by molar-refractivity contribution is 6.35. The Morgan fingerprint density at radius 3 is 2.62 bits per heavy atom. The van der Waals surface area contributed by atoms with Crippen LogP contribution in [0.15, 0.2) is 60.7 Å². The van der Waals surface area contributed by atoms with Crippen LogP contribution in [0.3, 0.4) is 0 Å². The molecule has 3 nitrogen and oxygen atoms in total. The number of rotatable bonds is 5. The first-order valence-electron chi connectivity index (χ1n) is 7.44. The molecule has 0 saturated heterocycles. The van der Waals surface area contributed by atoms with Gasteiger partial charge in [0.05, 0.1) is 0 Å². The lowest BCUT2D eigenvalue weighted by Crippen LogP contribution is -2.28. The van der Waals surface area contributed by atoms with Crippen molar-refractivity contribution in [3.63, 3.8) is 0 Å². The van der Waals surface area contributed by atoms with Gasteiger partial charge in [-0.05, 0) is 29.1 Å². The van der Waals surface area contributed by atoms with Crippen molar-refractivity contribution in [2.75, 3.05) is 6.61 Å². The van der Waals surface area contributed by atoms with Crippen LogP contribution in [0.5, 0.6) is 5.75 Å². The fraction of sp³-hybridized carbons (Fsp3) is 0.105. The summed E-state index contributed by atoms with van der Waals surface area (Å²) < 4.78 is 5.65. The molecule has 5 heteroatoms. The number of halogens is 2. The van der Waals surface area contributed by atoms with E-state index in [1.165, 1.54) is 0 Å². The van der Waals surface area contributed by atoms with Gasteiger partial charge in [0.15, 0.2) is 6.61 Å². The molecule has 0 atom stereocenters. The standard InChI is InChI=1S/C19H15Cl2NO2/c20-15-9-8-14(17(21)10-15)11-22-19(23)12-24-18-7-3-5-13-4-1-2-6-16(13)18/h1-10H,11-12H2,(H,22,23). The van der Waals surface area contributed by atoms with E-state index >= 15 is 0 Å². The van der Waals surface area contributed by atoms with Crippen molar-refractivity contribution in [3.05, 3.63) is 76.3 Å². The van der Waals surface area contributed by atoms with E-state index in [9.17, 15) is 4.79 Å². The first-order valence-corrected chi connectivity index (χ1v) is 8.20. The molecule has 24 heavy (non-hydrogen) atoms. The number of hydrogen-bond donors (Lipinski definition) is 1. The molecule has 0 unspecified atom stereocenters. The van der Waals surface area contributed by atoms with E-state index in [0.717, 1.165) is 16.3 Å². The number of hydrogen-bond acceptors (Lipinski definition) is 2. The molecule has 0 bridgehead atoms. The number of nitrogens with one attached hydrogen (secondary N) is 1. The van der Waals surface area contributed by atoms with E-state index in [0.29, 0.717) is 22.3 Å². The van der Waals surface area contributed by atoms with Crippen LogP contribution >= 0.6 is 23.2 Å². The number of amides is 1. The van der Waals surface area contributed by atoms with Gasteiger partial charge in [-0.2, -0.15) is 0 Å². The topological polar surface area (TPSA) is 38.3 Å². The highest BCUT2D eigenvalue weighted by Crippen LogP contribution is 2.25. The van der Waals surface area contributed by atoms with Crippen LogP contribution in [0, 0.1) is 0 Å². The van der Waals surface area contributed by atoms with Crippen LogP contribution in [-0.2, 0) is 11.3 Å². The average molecular weight is 360 g/mol. The smallest absolute Gasteiger partial charge is 0.258 e. The Labute approximate surface area is 150 Å². The second-order valence-corrected chi connectivity index (χ2v) is 6.12. The molecule has 0 fully saturated rings. The normalized spacial score (nSPS) is 10.6. The lowest BCUT2D eigenvalue weighted by molar-refractivity contribution is -0.123. The minimum atomic E-state index is -0.214. The number of ether oxygens (including phenoxy) is 1. The molecule has 0 aromatic heterocycles. The van der Waals surface area contributed by atoms with Crippen LogP contribution < -0.4 is 10.1 Å². The second kappa shape index (κ2) is 7.56. The summed E-state index contributed by atoms with van der Waals surface area (Å²) in [5, 5.41) is 5.93. The molecule has 3 aromatic carbocycles. The molecule has 0 spiro atoms. The summed E-state index contributed by atoms with van der Waals surface area (Å²) in [4.78, 5) is 12.0. The van der Waals surface area contributed by atoms with E-state index < -0.39 is 0 Å². The van der Waals surface area contributed by atoms with Gasteiger partial charge in [0.1, 0.15) is 5.75 Å². The maximum atomic E-state index is 12.0. The second-order valence-electron chi connectivity index (χ2n) is 5.28. The molecule has 3 rings (SSSR count). The van der Waals surface area contributed by atoms with Gasteiger partial charge in [0.25, 0.3) is 5.91 Å². The predicted molar refractivity (Wildman–Crippen MR) is 97.8 cm³/mol. The average Bonchev–Trinajstić information content (AvgIpc) is 2.59. The van der Waals surface area contributed by atoms with E-state index in [-0.39, 0.29) is 12.5 Å². The molecule has 0 saturated carbocycles. The van der Waals surface area contributed by atoms with Crippen molar-refractivity contribution in [2.45, 2.75) is 6.54 Å². The number of carbonyl (C=O) groups is 1. The Balaban J connectivity index is 1.59. The lowest BCUT2D eigenvalue weighted by Gasteiger charge is -2.10. The van der Waals surface area contributed by atoms with Crippen LogP contribution in [0.4, 0.5) is 0 Å². The van der Waals surface area contributed by atoms with Gasteiger partial charge >= 0.3 is 0 Å². The van der Waals surface area contributed by atoms with Gasteiger partial charge in [0, 0.05) is 22.0 Å². The van der Waals surface area contributed by atoms with Crippen molar-refractivity contribution in [1.29, 1.82) is 0 Å². The zero-order valence-electron chi connectivity index (χ0n) is 12.8. The Morgan fingerprint density at radius 1 is 1.00 bits per heavy atom. The maximum Gasteiger partial charge on any atom is 0.258 e. The number of fused-ring (bicyclic) bond motifs is 1. The third-order valence-electron chi connectivity index (χ3n) is 3.60. The highest BCUT2D eigenvalue weighted by Gasteiger charge is 2.07. The molecule has 0 aliphatic carbocycles. The fourth-order valence-corrected chi connectivity index (χ4v) is 2.85. The Bertz CT molecular complexity index is 875. The zero-order valence-corrected chi connectivity index (χ0v) is 14.3. The van der Waals surface area contributed by atoms with E-state index in [4.69, 9.17) is 27.9 Å². The van der Waals surface area contributed by atoms with Crippen LogP contribution in [-0.4, -0.2) is 12.5 Å². The number of benzene rings is 3. The van der Waals surface area contributed by atoms with E-state index in [1.54, 1.807) is 18.2 Å². The number of carbonyl (C=O) groups excluding carboxylic acids is 1. The Kier molecular flexibility index (Phi) is 5.24. The Morgan fingerprint density at radius 2 is 1.79 bits per heavy atom. The summed E-state index contributed by atoms with van der Waals surface area (Å²) in [6, 6.07) is 18.8. The van der Waals surface area contributed by atoms with Gasteiger partial charge < -0.3 is 10.1 Å². The molecule has 3 aromatic rings. The molecule has 0 heterocycles. The van der Waals surface area contributed by atoms with Crippen molar-refractivity contribution < 1.29 is 9.53 Å². The minimum absolute atomic E-state index is 0.0563. The quantitative estimate of drug-likeness (QED) is 0.707. The summed E-state index contributed by atoms with van der Waals surface area (Å²) in [5.41, 5.74) is 0.805. The third-order valence-corrected chi connectivity index (χ3v) is 4.19. The van der Waals surface area contributed by atoms with Crippen molar-refractivity contribution >= 4 is 39.9 Å². The SMILES string of the molecule is O=C(COc1cccc2ccccc12)NCc1ccc(Cl)cc1Cl. The van der Waals surface area contributed by atoms with E-state index in [2.05, 4.69) is 5.32 Å². The van der Waals surface area contributed by atoms with Crippen LogP contribution in [0.1, 0.15) is 5.56 Å². The summed E-state index contributed by atoms with van der Waals surface area (Å²) in [6.45, 7) is 0.271. The summed E-state index contributed by atoms with van der Waals surface area (Å²) in [7, 11) is 0. The molecule has 0 aliphatic rings. The summed E-state index contributed by atoms with van der Waals surface area (Å²) in [5.74, 6) is 0.474. The molecular weight excluding hydrogens is 345 g/mol. The van der Waals surface area contributed by atoms with Crippen LogP contribution in [0.2, 0.25) is 10.0 Å². The first-order chi connectivity index (χ1) is 11.6. The Hall–Kier alpha value is -2.23. The van der Waals surface area contributed by atoms with Gasteiger partial charge in [-0.1, -0.05) is 65.7 Å². The zero-order chi connectivity index (χ0) is 16.9. The van der Waals surface area contributed by atoms with Gasteiger partial charge in [-0.15, -0.1) is 0 Å². The van der Waals surface area contributed by atoms with Crippen LogP contribution in [0.25, 0.3) is 10.8 Å². The summed E-state index contributed by atoms with van der Waals surface area (Å²) in [6.07, 6.45) is 0. The lowest BCUT2D eigenvalue weighted by atomic mass is 10.1. The van der Waals surface area contributed by atoms with Gasteiger partial charge in [0.2, 0.25) is 0 Å². The largest absolute Gasteiger partial charge is 0.483 e. The monoisotopic (exact) mass is 359 g/mol. The molecule has 0 radical (unpaired) electrons. The maximum absolute atomic E-state index is 12.0. The van der Waals surface area contributed by atoms with Gasteiger partial charge in [-0.3, -0.25) is 4.79 Å². The van der Waals surface area contributed by atoms with E-state index in [1.807, 2.05) is 42.5 Å². The molecule has 122 valence electrons. The minimum Gasteiger partial charge on any atom is -0.483 e. The van der Waals surface area contributed by atoms with Crippen molar-refractivity contribution in [1.82, 2.24) is 5.32 Å².